The van der Waals surface area contributed by atoms with Crippen molar-refractivity contribution in [2.45, 2.75) is 12.8 Å². The lowest BCUT2D eigenvalue weighted by molar-refractivity contribution is 0.120. The van der Waals surface area contributed by atoms with E-state index in [0.717, 1.165) is 39.1 Å². The smallest absolute Gasteiger partial charge is 0.319 e. The van der Waals surface area contributed by atoms with Crippen molar-refractivity contribution in [3.8, 4) is 5.75 Å². The van der Waals surface area contributed by atoms with Gasteiger partial charge in [-0.2, -0.15) is 0 Å². The summed E-state index contributed by atoms with van der Waals surface area (Å²) in [7, 11) is 3.29. The van der Waals surface area contributed by atoms with E-state index in [1.54, 1.807) is 32.4 Å². The van der Waals surface area contributed by atoms with Crippen LogP contribution in [0.2, 0.25) is 5.02 Å². The van der Waals surface area contributed by atoms with Crippen LogP contribution in [-0.2, 0) is 4.74 Å². The Labute approximate surface area is 148 Å². The lowest BCUT2D eigenvalue weighted by Gasteiger charge is -2.31. The number of likely N-dealkylation sites (tertiary alicyclic amines) is 1. The monoisotopic (exact) mass is 355 g/mol. The molecule has 1 aromatic carbocycles. The first-order valence-corrected chi connectivity index (χ1v) is 8.60. The van der Waals surface area contributed by atoms with Crippen LogP contribution in [0.25, 0.3) is 0 Å². The van der Waals surface area contributed by atoms with Gasteiger partial charge in [0.1, 0.15) is 5.75 Å². The van der Waals surface area contributed by atoms with E-state index in [-0.39, 0.29) is 6.03 Å². The van der Waals surface area contributed by atoms with Crippen molar-refractivity contribution in [1.29, 1.82) is 0 Å². The van der Waals surface area contributed by atoms with Gasteiger partial charge in [-0.25, -0.2) is 4.79 Å². The van der Waals surface area contributed by atoms with E-state index in [1.807, 2.05) is 0 Å². The van der Waals surface area contributed by atoms with Crippen molar-refractivity contribution in [2.75, 3.05) is 52.3 Å². The fourth-order valence-electron chi connectivity index (χ4n) is 2.82. The number of hydrogen-bond acceptors (Lipinski definition) is 4. The molecule has 2 rings (SSSR count). The molecule has 1 fully saturated rings. The minimum Gasteiger partial charge on any atom is -0.495 e. The molecule has 0 aliphatic carbocycles. The summed E-state index contributed by atoms with van der Waals surface area (Å²) in [6, 6.07) is 4.89. The summed E-state index contributed by atoms with van der Waals surface area (Å²) < 4.78 is 10.3. The molecule has 2 N–H and O–H groups in total. The fraction of sp³-hybridized carbons (Fsp3) is 0.588. The van der Waals surface area contributed by atoms with E-state index in [2.05, 4.69) is 15.5 Å². The van der Waals surface area contributed by atoms with Gasteiger partial charge in [-0.1, -0.05) is 11.6 Å². The molecular weight excluding hydrogens is 330 g/mol. The molecule has 0 unspecified atom stereocenters. The number of nitrogens with one attached hydrogen (secondary N) is 2. The molecule has 1 aromatic rings. The van der Waals surface area contributed by atoms with Gasteiger partial charge >= 0.3 is 6.03 Å². The third kappa shape index (κ3) is 5.85. The first kappa shape index (κ1) is 18.8. The molecule has 0 spiro atoms. The Hall–Kier alpha value is -1.50. The number of carbonyl (C=O) groups excluding carboxylic acids is 1. The molecule has 1 saturated heterocycles. The number of nitrogens with zero attached hydrogens (tertiary/aromatic N) is 1. The standard InChI is InChI=1S/C17H26ClN3O3/c1-23-10-9-21-7-5-13(6-8-21)12-19-17(22)20-15-11-14(18)3-4-16(15)24-2/h3-4,11,13H,5-10,12H2,1-2H3,(H2,19,20,22). The van der Waals surface area contributed by atoms with Gasteiger partial charge in [-0.3, -0.25) is 0 Å². The number of amides is 2. The second-order valence-corrected chi connectivity index (χ2v) is 6.39. The number of piperidine rings is 1. The van der Waals surface area contributed by atoms with E-state index in [4.69, 9.17) is 21.1 Å². The van der Waals surface area contributed by atoms with Crippen molar-refractivity contribution in [3.63, 3.8) is 0 Å². The largest absolute Gasteiger partial charge is 0.495 e. The maximum absolute atomic E-state index is 12.1. The molecule has 0 saturated carbocycles. The quantitative estimate of drug-likeness (QED) is 0.789. The third-order valence-corrected chi connectivity index (χ3v) is 4.51. The Kier molecular flexibility index (Phi) is 7.62. The maximum Gasteiger partial charge on any atom is 0.319 e. The van der Waals surface area contributed by atoms with Crippen molar-refractivity contribution in [1.82, 2.24) is 10.2 Å². The Morgan fingerprint density at radius 1 is 1.33 bits per heavy atom. The summed E-state index contributed by atoms with van der Waals surface area (Å²) >= 11 is 5.97. The highest BCUT2D eigenvalue weighted by Gasteiger charge is 2.19. The molecule has 0 radical (unpaired) electrons. The van der Waals surface area contributed by atoms with Gasteiger partial charge in [0.05, 0.1) is 19.4 Å². The molecule has 0 bridgehead atoms. The average Bonchev–Trinajstić information content (AvgIpc) is 2.59. The highest BCUT2D eigenvalue weighted by Crippen LogP contribution is 2.27. The fourth-order valence-corrected chi connectivity index (χ4v) is 2.99. The number of urea groups is 1. The van der Waals surface area contributed by atoms with E-state index in [1.165, 1.54) is 0 Å². The summed E-state index contributed by atoms with van der Waals surface area (Å²) in [4.78, 5) is 14.5. The lowest BCUT2D eigenvalue weighted by atomic mass is 9.97. The first-order valence-electron chi connectivity index (χ1n) is 8.22. The zero-order chi connectivity index (χ0) is 17.4. The Morgan fingerprint density at radius 2 is 2.08 bits per heavy atom. The zero-order valence-electron chi connectivity index (χ0n) is 14.3. The molecule has 6 nitrogen and oxygen atoms in total. The van der Waals surface area contributed by atoms with Crippen molar-refractivity contribution in [2.24, 2.45) is 5.92 Å². The zero-order valence-corrected chi connectivity index (χ0v) is 15.1. The molecule has 1 aliphatic heterocycles. The summed E-state index contributed by atoms with van der Waals surface area (Å²) in [5, 5.41) is 6.28. The molecule has 7 heteroatoms. The van der Waals surface area contributed by atoms with Crippen LogP contribution in [0, 0.1) is 5.92 Å². The van der Waals surface area contributed by atoms with Crippen molar-refractivity contribution < 1.29 is 14.3 Å². The van der Waals surface area contributed by atoms with Crippen LogP contribution in [-0.4, -0.2) is 57.9 Å². The van der Waals surface area contributed by atoms with Crippen LogP contribution < -0.4 is 15.4 Å². The number of halogens is 1. The molecular formula is C17H26ClN3O3. The number of hydrogen-bond donors (Lipinski definition) is 2. The normalized spacial score (nSPS) is 16.0. The second-order valence-electron chi connectivity index (χ2n) is 5.96. The van der Waals surface area contributed by atoms with E-state index >= 15 is 0 Å². The van der Waals surface area contributed by atoms with Crippen LogP contribution in [0.4, 0.5) is 10.5 Å². The van der Waals surface area contributed by atoms with E-state index in [9.17, 15) is 4.79 Å². The van der Waals surface area contributed by atoms with Crippen LogP contribution >= 0.6 is 11.6 Å². The summed E-state index contributed by atoms with van der Waals surface area (Å²) in [6.07, 6.45) is 2.18. The minimum atomic E-state index is -0.239. The maximum atomic E-state index is 12.1. The van der Waals surface area contributed by atoms with Crippen LogP contribution in [0.1, 0.15) is 12.8 Å². The lowest BCUT2D eigenvalue weighted by Crippen LogP contribution is -2.40. The summed E-state index contributed by atoms with van der Waals surface area (Å²) in [5.74, 6) is 1.09. The van der Waals surface area contributed by atoms with Crippen LogP contribution in [0.3, 0.4) is 0 Å². The molecule has 2 amide bonds. The van der Waals surface area contributed by atoms with Crippen LogP contribution in [0.15, 0.2) is 18.2 Å². The van der Waals surface area contributed by atoms with Gasteiger partial charge in [0.15, 0.2) is 0 Å². The van der Waals surface area contributed by atoms with E-state index < -0.39 is 0 Å². The van der Waals surface area contributed by atoms with Crippen molar-refractivity contribution in [3.05, 3.63) is 23.2 Å². The van der Waals surface area contributed by atoms with Gasteiger partial charge in [-0.05, 0) is 50.0 Å². The Balaban J connectivity index is 1.73. The van der Waals surface area contributed by atoms with Crippen molar-refractivity contribution >= 4 is 23.3 Å². The number of ether oxygens (including phenoxy) is 2. The molecule has 134 valence electrons. The predicted octanol–water partition coefficient (Wildman–Crippen LogP) is 2.83. The second kappa shape index (κ2) is 9.71. The minimum absolute atomic E-state index is 0.239. The van der Waals surface area contributed by atoms with E-state index in [0.29, 0.717) is 28.9 Å². The van der Waals surface area contributed by atoms with Gasteiger partial charge < -0.3 is 25.0 Å². The van der Waals surface area contributed by atoms with Gasteiger partial charge in [0, 0.05) is 25.2 Å². The molecule has 0 atom stereocenters. The summed E-state index contributed by atoms with van der Waals surface area (Å²) in [5.41, 5.74) is 0.567. The Morgan fingerprint density at radius 3 is 2.75 bits per heavy atom. The predicted molar refractivity (Wildman–Crippen MR) is 96.1 cm³/mol. The summed E-state index contributed by atoms with van der Waals surface area (Å²) in [6.45, 7) is 4.53. The number of methoxy groups -OCH3 is 2. The van der Waals surface area contributed by atoms with Gasteiger partial charge in [-0.15, -0.1) is 0 Å². The third-order valence-electron chi connectivity index (χ3n) is 4.28. The molecule has 1 heterocycles. The first-order chi connectivity index (χ1) is 11.6. The highest BCUT2D eigenvalue weighted by atomic mass is 35.5. The molecule has 0 aromatic heterocycles. The Bertz CT molecular complexity index is 534. The average molecular weight is 356 g/mol. The topological polar surface area (TPSA) is 62.8 Å². The highest BCUT2D eigenvalue weighted by molar-refractivity contribution is 6.31. The number of anilines is 1. The number of benzene rings is 1. The SMILES string of the molecule is COCCN1CCC(CNC(=O)Nc2cc(Cl)ccc2OC)CC1. The number of rotatable bonds is 7. The van der Waals surface area contributed by atoms with Gasteiger partial charge in [0.25, 0.3) is 0 Å². The number of carbonyl (C=O) groups is 1. The van der Waals surface area contributed by atoms with Crippen LogP contribution in [0.5, 0.6) is 5.75 Å². The molecule has 24 heavy (non-hydrogen) atoms. The molecule has 1 aliphatic rings. The van der Waals surface area contributed by atoms with Gasteiger partial charge in [0.2, 0.25) is 0 Å².